The molecule has 0 spiro atoms. The number of phenolic OH excluding ortho intramolecular Hbond substituents is 1. The van der Waals surface area contributed by atoms with E-state index in [4.69, 9.17) is 4.98 Å². The fourth-order valence-corrected chi connectivity index (χ4v) is 4.99. The molecule has 0 radical (unpaired) electrons. The Morgan fingerprint density at radius 1 is 0.935 bits per heavy atom. The third-order valence-corrected chi connectivity index (χ3v) is 6.70. The molecule has 5 nitrogen and oxygen atoms in total. The van der Waals surface area contributed by atoms with Crippen LogP contribution in [0.1, 0.15) is 32.1 Å². The standard InChI is InChI=1S/C25H29FN4O/c26-19-10-11-22-21(16-19)25(28-24(27-22)20-8-4-5-9-23(20)31)30-14-12-29(13-15-30)17-18-6-2-1-3-7-18/h4-5,8-11,16,18,31H,1-3,6-7,12-15,17H2. The van der Waals surface area contributed by atoms with Crippen molar-refractivity contribution in [2.24, 2.45) is 5.92 Å². The van der Waals surface area contributed by atoms with Crippen molar-refractivity contribution >= 4 is 16.7 Å². The summed E-state index contributed by atoms with van der Waals surface area (Å²) in [5.74, 6) is 1.91. The quantitative estimate of drug-likeness (QED) is 0.654. The van der Waals surface area contributed by atoms with Gasteiger partial charge in [-0.25, -0.2) is 14.4 Å². The molecule has 2 aliphatic rings. The van der Waals surface area contributed by atoms with Crippen molar-refractivity contribution in [3.63, 3.8) is 0 Å². The third-order valence-electron chi connectivity index (χ3n) is 6.70. The number of hydrogen-bond donors (Lipinski definition) is 1. The number of halogens is 1. The first-order chi connectivity index (χ1) is 15.2. The molecule has 1 saturated heterocycles. The predicted molar refractivity (Wildman–Crippen MR) is 122 cm³/mol. The van der Waals surface area contributed by atoms with Gasteiger partial charge in [-0.1, -0.05) is 31.4 Å². The number of benzene rings is 2. The minimum Gasteiger partial charge on any atom is -0.507 e. The van der Waals surface area contributed by atoms with Crippen LogP contribution < -0.4 is 4.90 Å². The van der Waals surface area contributed by atoms with E-state index in [1.165, 1.54) is 50.8 Å². The Kier molecular flexibility index (Phi) is 5.72. The summed E-state index contributed by atoms with van der Waals surface area (Å²) >= 11 is 0. The molecule has 5 rings (SSSR count). The Hall–Kier alpha value is -2.73. The van der Waals surface area contributed by atoms with Gasteiger partial charge in [0, 0.05) is 38.1 Å². The van der Waals surface area contributed by atoms with Crippen molar-refractivity contribution in [2.45, 2.75) is 32.1 Å². The molecule has 3 aromatic rings. The maximum absolute atomic E-state index is 14.1. The largest absolute Gasteiger partial charge is 0.507 e. The maximum atomic E-state index is 14.1. The van der Waals surface area contributed by atoms with E-state index in [9.17, 15) is 9.50 Å². The van der Waals surface area contributed by atoms with Crippen LogP contribution in [0.4, 0.5) is 10.2 Å². The molecule has 1 saturated carbocycles. The minimum absolute atomic E-state index is 0.146. The van der Waals surface area contributed by atoms with Gasteiger partial charge < -0.3 is 10.0 Å². The monoisotopic (exact) mass is 420 g/mol. The number of hydrogen-bond acceptors (Lipinski definition) is 5. The fraction of sp³-hybridized carbons (Fsp3) is 0.440. The fourth-order valence-electron chi connectivity index (χ4n) is 4.99. The highest BCUT2D eigenvalue weighted by Crippen LogP contribution is 2.32. The summed E-state index contributed by atoms with van der Waals surface area (Å²) in [4.78, 5) is 14.2. The van der Waals surface area contributed by atoms with Crippen LogP contribution in [-0.2, 0) is 0 Å². The number of anilines is 1. The average molecular weight is 421 g/mol. The summed E-state index contributed by atoms with van der Waals surface area (Å²) < 4.78 is 14.1. The smallest absolute Gasteiger partial charge is 0.165 e. The van der Waals surface area contributed by atoms with Gasteiger partial charge in [-0.05, 0) is 49.1 Å². The Morgan fingerprint density at radius 3 is 2.48 bits per heavy atom. The highest BCUT2D eigenvalue weighted by Gasteiger charge is 2.24. The molecule has 0 atom stereocenters. The summed E-state index contributed by atoms with van der Waals surface area (Å²) in [6.07, 6.45) is 6.86. The first kappa shape index (κ1) is 20.2. The molecule has 1 N–H and O–H groups in total. The van der Waals surface area contributed by atoms with Crippen LogP contribution in [0.2, 0.25) is 0 Å². The summed E-state index contributed by atoms with van der Waals surface area (Å²) in [5.41, 5.74) is 1.28. The van der Waals surface area contributed by atoms with Crippen LogP contribution in [0.15, 0.2) is 42.5 Å². The van der Waals surface area contributed by atoms with Crippen molar-refractivity contribution in [2.75, 3.05) is 37.6 Å². The van der Waals surface area contributed by atoms with Crippen LogP contribution in [0.3, 0.4) is 0 Å². The molecule has 31 heavy (non-hydrogen) atoms. The normalized spacial score (nSPS) is 18.5. The second-order valence-corrected chi connectivity index (χ2v) is 8.84. The maximum Gasteiger partial charge on any atom is 0.165 e. The number of nitrogens with zero attached hydrogens (tertiary/aromatic N) is 4. The summed E-state index contributed by atoms with van der Waals surface area (Å²) in [6, 6.07) is 11.7. The molecule has 0 bridgehead atoms. The molecular weight excluding hydrogens is 391 g/mol. The lowest BCUT2D eigenvalue weighted by Gasteiger charge is -2.38. The molecule has 0 unspecified atom stereocenters. The molecule has 2 fully saturated rings. The van der Waals surface area contributed by atoms with Crippen LogP contribution >= 0.6 is 0 Å². The van der Waals surface area contributed by atoms with Crippen molar-refractivity contribution < 1.29 is 9.50 Å². The molecule has 6 heteroatoms. The molecule has 2 aromatic carbocycles. The molecule has 0 amide bonds. The number of para-hydroxylation sites is 1. The lowest BCUT2D eigenvalue weighted by molar-refractivity contribution is 0.192. The minimum atomic E-state index is -0.288. The number of fused-ring (bicyclic) bond motifs is 1. The van der Waals surface area contributed by atoms with Gasteiger partial charge in [-0.3, -0.25) is 4.90 Å². The number of aromatic nitrogens is 2. The zero-order chi connectivity index (χ0) is 21.2. The Labute approximate surface area is 182 Å². The van der Waals surface area contributed by atoms with E-state index >= 15 is 0 Å². The van der Waals surface area contributed by atoms with Gasteiger partial charge in [0.1, 0.15) is 17.4 Å². The SMILES string of the molecule is Oc1ccccc1-c1nc(N2CCN(CC3CCCCC3)CC2)c2cc(F)ccc2n1. The van der Waals surface area contributed by atoms with Crippen molar-refractivity contribution in [1.29, 1.82) is 0 Å². The molecular formula is C25H29FN4O. The van der Waals surface area contributed by atoms with E-state index in [1.807, 2.05) is 12.1 Å². The van der Waals surface area contributed by atoms with Gasteiger partial charge in [-0.2, -0.15) is 0 Å². The average Bonchev–Trinajstić information content (AvgIpc) is 2.80. The van der Waals surface area contributed by atoms with Gasteiger partial charge >= 0.3 is 0 Å². The van der Waals surface area contributed by atoms with E-state index in [2.05, 4.69) is 14.8 Å². The van der Waals surface area contributed by atoms with Crippen LogP contribution in [0.25, 0.3) is 22.3 Å². The molecule has 1 aliphatic heterocycles. The predicted octanol–water partition coefficient (Wildman–Crippen LogP) is 4.84. The lowest BCUT2D eigenvalue weighted by Crippen LogP contribution is -2.48. The van der Waals surface area contributed by atoms with Crippen LogP contribution in [-0.4, -0.2) is 52.7 Å². The zero-order valence-electron chi connectivity index (χ0n) is 17.8. The molecule has 1 aliphatic carbocycles. The highest BCUT2D eigenvalue weighted by molar-refractivity contribution is 5.91. The Morgan fingerprint density at radius 2 is 1.71 bits per heavy atom. The number of rotatable bonds is 4. The lowest BCUT2D eigenvalue weighted by atomic mass is 9.89. The van der Waals surface area contributed by atoms with Gasteiger partial charge in [0.15, 0.2) is 5.82 Å². The second-order valence-electron chi connectivity index (χ2n) is 8.84. The highest BCUT2D eigenvalue weighted by atomic mass is 19.1. The Balaban J connectivity index is 1.42. The number of phenols is 1. The summed E-state index contributed by atoms with van der Waals surface area (Å²) in [6.45, 7) is 4.88. The first-order valence-electron chi connectivity index (χ1n) is 11.4. The van der Waals surface area contributed by atoms with Crippen molar-refractivity contribution in [3.05, 3.63) is 48.3 Å². The zero-order valence-corrected chi connectivity index (χ0v) is 17.8. The van der Waals surface area contributed by atoms with Crippen molar-refractivity contribution in [1.82, 2.24) is 14.9 Å². The van der Waals surface area contributed by atoms with Crippen LogP contribution in [0, 0.1) is 11.7 Å². The topological polar surface area (TPSA) is 52.5 Å². The van der Waals surface area contributed by atoms with Crippen LogP contribution in [0.5, 0.6) is 5.75 Å². The first-order valence-corrected chi connectivity index (χ1v) is 11.4. The van der Waals surface area contributed by atoms with E-state index in [0.29, 0.717) is 16.9 Å². The van der Waals surface area contributed by atoms with Gasteiger partial charge in [0.05, 0.1) is 11.1 Å². The van der Waals surface area contributed by atoms with Gasteiger partial charge in [0.25, 0.3) is 0 Å². The van der Waals surface area contributed by atoms with E-state index in [1.54, 1.807) is 18.2 Å². The van der Waals surface area contributed by atoms with Gasteiger partial charge in [-0.15, -0.1) is 0 Å². The Bertz CT molecular complexity index is 1060. The molecule has 2 heterocycles. The van der Waals surface area contributed by atoms with E-state index in [-0.39, 0.29) is 11.6 Å². The number of aromatic hydroxyl groups is 1. The van der Waals surface area contributed by atoms with E-state index < -0.39 is 0 Å². The van der Waals surface area contributed by atoms with Gasteiger partial charge in [0.2, 0.25) is 0 Å². The van der Waals surface area contributed by atoms with Crippen molar-refractivity contribution in [3.8, 4) is 17.1 Å². The van der Waals surface area contributed by atoms with E-state index in [0.717, 1.165) is 43.3 Å². The third kappa shape index (κ3) is 4.35. The molecule has 162 valence electrons. The molecule has 1 aromatic heterocycles. The summed E-state index contributed by atoms with van der Waals surface area (Å²) in [7, 11) is 0. The second kappa shape index (κ2) is 8.79. The number of piperazine rings is 1. The summed E-state index contributed by atoms with van der Waals surface area (Å²) in [5, 5.41) is 11.0.